The van der Waals surface area contributed by atoms with E-state index in [0.717, 1.165) is 6.42 Å². The minimum absolute atomic E-state index is 0.0257. The molecule has 0 aromatic heterocycles. The van der Waals surface area contributed by atoms with Crippen LogP contribution in [0.25, 0.3) is 0 Å². The molecule has 0 unspecified atom stereocenters. The Morgan fingerprint density at radius 1 is 1.06 bits per heavy atom. The third-order valence-corrected chi connectivity index (χ3v) is 2.92. The highest BCUT2D eigenvalue weighted by Gasteiger charge is 2.13. The summed E-state index contributed by atoms with van der Waals surface area (Å²) >= 11 is 0. The number of hydrogen-bond donors (Lipinski definition) is 0. The van der Waals surface area contributed by atoms with Crippen molar-refractivity contribution < 1.29 is 9.53 Å². The summed E-state index contributed by atoms with van der Waals surface area (Å²) < 4.78 is 5.41. The molecule has 0 N–H and O–H groups in total. The Kier molecular flexibility index (Phi) is 5.39. The fraction of sp³-hybridized carbons (Fsp3) is 0.562. The van der Waals surface area contributed by atoms with Crippen LogP contribution in [-0.2, 0) is 4.74 Å². The lowest BCUT2D eigenvalue weighted by Gasteiger charge is -2.15. The maximum Gasteiger partial charge on any atom is 0.338 e. The highest BCUT2D eigenvalue weighted by molar-refractivity contribution is 5.89. The first-order valence-corrected chi connectivity index (χ1v) is 6.71. The molecule has 2 nitrogen and oxygen atoms in total. The van der Waals surface area contributed by atoms with Crippen LogP contribution in [-0.4, -0.2) is 12.1 Å². The van der Waals surface area contributed by atoms with E-state index in [0.29, 0.717) is 17.4 Å². The van der Waals surface area contributed by atoms with Gasteiger partial charge in [0, 0.05) is 0 Å². The number of hydrogen-bond acceptors (Lipinski definition) is 2. The first-order chi connectivity index (χ1) is 8.40. The third kappa shape index (κ3) is 4.52. The standard InChI is InChI=1S/C16H24O2/c1-11(2)10-13(5)18-16(17)15-8-6-14(7-9-15)12(3)4/h6-9,11-13H,10H2,1-5H3/t13-/m1/s1. The third-order valence-electron chi connectivity index (χ3n) is 2.92. The molecular weight excluding hydrogens is 224 g/mol. The molecule has 1 aromatic carbocycles. The molecule has 0 bridgehead atoms. The maximum atomic E-state index is 11.9. The second kappa shape index (κ2) is 6.58. The average molecular weight is 248 g/mol. The number of ether oxygens (including phenoxy) is 1. The summed E-state index contributed by atoms with van der Waals surface area (Å²) in [5.41, 5.74) is 1.87. The molecule has 1 atom stereocenters. The smallest absolute Gasteiger partial charge is 0.338 e. The summed E-state index contributed by atoms with van der Waals surface area (Å²) in [6, 6.07) is 7.68. The second-order valence-corrected chi connectivity index (χ2v) is 5.62. The monoisotopic (exact) mass is 248 g/mol. The second-order valence-electron chi connectivity index (χ2n) is 5.62. The Morgan fingerprint density at radius 2 is 1.61 bits per heavy atom. The van der Waals surface area contributed by atoms with Gasteiger partial charge in [-0.15, -0.1) is 0 Å². The van der Waals surface area contributed by atoms with Gasteiger partial charge in [0.2, 0.25) is 0 Å². The molecular formula is C16H24O2. The fourth-order valence-electron chi connectivity index (χ4n) is 1.97. The zero-order valence-corrected chi connectivity index (χ0v) is 12.1. The fourth-order valence-corrected chi connectivity index (χ4v) is 1.97. The van der Waals surface area contributed by atoms with Gasteiger partial charge in [-0.25, -0.2) is 4.79 Å². The molecule has 0 aliphatic carbocycles. The van der Waals surface area contributed by atoms with E-state index in [9.17, 15) is 4.79 Å². The zero-order chi connectivity index (χ0) is 13.7. The molecule has 0 heterocycles. The van der Waals surface area contributed by atoms with Gasteiger partial charge in [-0.05, 0) is 42.9 Å². The van der Waals surface area contributed by atoms with E-state index >= 15 is 0 Å². The molecule has 1 rings (SSSR count). The van der Waals surface area contributed by atoms with Crippen molar-refractivity contribution in [1.29, 1.82) is 0 Å². The molecule has 18 heavy (non-hydrogen) atoms. The van der Waals surface area contributed by atoms with Crippen LogP contribution >= 0.6 is 0 Å². The van der Waals surface area contributed by atoms with Crippen LogP contribution in [0.4, 0.5) is 0 Å². The van der Waals surface area contributed by atoms with Gasteiger partial charge in [0.1, 0.15) is 0 Å². The van der Waals surface area contributed by atoms with Crippen molar-refractivity contribution in [3.8, 4) is 0 Å². The molecule has 0 saturated carbocycles. The number of carbonyl (C=O) groups is 1. The van der Waals surface area contributed by atoms with Gasteiger partial charge in [0.05, 0.1) is 11.7 Å². The van der Waals surface area contributed by atoms with Gasteiger partial charge in [-0.3, -0.25) is 0 Å². The van der Waals surface area contributed by atoms with E-state index in [1.807, 2.05) is 31.2 Å². The summed E-state index contributed by atoms with van der Waals surface area (Å²) in [5, 5.41) is 0. The minimum atomic E-state index is -0.224. The quantitative estimate of drug-likeness (QED) is 0.722. The van der Waals surface area contributed by atoms with Crippen LogP contribution in [0.1, 0.15) is 62.9 Å². The number of benzene rings is 1. The summed E-state index contributed by atoms with van der Waals surface area (Å²) in [5.74, 6) is 0.796. The van der Waals surface area contributed by atoms with Gasteiger partial charge in [-0.1, -0.05) is 39.8 Å². The van der Waals surface area contributed by atoms with Crippen LogP contribution < -0.4 is 0 Å². The van der Waals surface area contributed by atoms with E-state index in [2.05, 4.69) is 27.7 Å². The lowest BCUT2D eigenvalue weighted by molar-refractivity contribution is 0.0299. The molecule has 0 aliphatic rings. The van der Waals surface area contributed by atoms with Crippen molar-refractivity contribution in [2.24, 2.45) is 5.92 Å². The Bertz CT molecular complexity index is 377. The number of esters is 1. The van der Waals surface area contributed by atoms with Crippen molar-refractivity contribution in [2.45, 2.75) is 53.1 Å². The molecule has 0 saturated heterocycles. The summed E-state index contributed by atoms with van der Waals surface area (Å²) in [4.78, 5) is 11.9. The Morgan fingerprint density at radius 3 is 2.06 bits per heavy atom. The van der Waals surface area contributed by atoms with Gasteiger partial charge >= 0.3 is 5.97 Å². The summed E-state index contributed by atoms with van der Waals surface area (Å²) in [7, 11) is 0. The largest absolute Gasteiger partial charge is 0.459 e. The van der Waals surface area contributed by atoms with Crippen molar-refractivity contribution in [2.75, 3.05) is 0 Å². The van der Waals surface area contributed by atoms with E-state index in [1.54, 1.807) is 0 Å². The van der Waals surface area contributed by atoms with Crippen LogP contribution in [0.15, 0.2) is 24.3 Å². The zero-order valence-electron chi connectivity index (χ0n) is 12.1. The first-order valence-electron chi connectivity index (χ1n) is 6.71. The first kappa shape index (κ1) is 14.7. The van der Waals surface area contributed by atoms with Gasteiger partial charge < -0.3 is 4.74 Å². The maximum absolute atomic E-state index is 11.9. The Labute approximate surface area is 110 Å². The highest BCUT2D eigenvalue weighted by Crippen LogP contribution is 2.16. The lowest BCUT2D eigenvalue weighted by atomic mass is 10.0. The van der Waals surface area contributed by atoms with Crippen molar-refractivity contribution in [1.82, 2.24) is 0 Å². The molecule has 100 valence electrons. The Hall–Kier alpha value is -1.31. The Balaban J connectivity index is 2.61. The van der Waals surface area contributed by atoms with E-state index in [-0.39, 0.29) is 12.1 Å². The molecule has 0 aliphatic heterocycles. The van der Waals surface area contributed by atoms with Crippen LogP contribution in [0.2, 0.25) is 0 Å². The number of carbonyl (C=O) groups excluding carboxylic acids is 1. The topological polar surface area (TPSA) is 26.3 Å². The minimum Gasteiger partial charge on any atom is -0.459 e. The van der Waals surface area contributed by atoms with Crippen molar-refractivity contribution in [3.05, 3.63) is 35.4 Å². The average Bonchev–Trinajstić information content (AvgIpc) is 2.27. The van der Waals surface area contributed by atoms with Crippen LogP contribution in [0, 0.1) is 5.92 Å². The van der Waals surface area contributed by atoms with Gasteiger partial charge in [0.15, 0.2) is 0 Å². The van der Waals surface area contributed by atoms with E-state index in [1.165, 1.54) is 5.56 Å². The van der Waals surface area contributed by atoms with Crippen molar-refractivity contribution >= 4 is 5.97 Å². The summed E-state index contributed by atoms with van der Waals surface area (Å²) in [6.07, 6.45) is 0.873. The summed E-state index contributed by atoms with van der Waals surface area (Å²) in [6.45, 7) is 10.5. The van der Waals surface area contributed by atoms with Gasteiger partial charge in [-0.2, -0.15) is 0 Å². The van der Waals surface area contributed by atoms with Crippen LogP contribution in [0.3, 0.4) is 0 Å². The SMILES string of the molecule is CC(C)C[C@@H](C)OC(=O)c1ccc(C(C)C)cc1. The predicted octanol–water partition coefficient (Wildman–Crippen LogP) is 4.40. The normalized spacial score (nSPS) is 12.8. The van der Waals surface area contributed by atoms with E-state index < -0.39 is 0 Å². The van der Waals surface area contributed by atoms with E-state index in [4.69, 9.17) is 4.74 Å². The highest BCUT2D eigenvalue weighted by atomic mass is 16.5. The lowest BCUT2D eigenvalue weighted by Crippen LogP contribution is -2.17. The molecule has 0 fully saturated rings. The molecule has 0 amide bonds. The van der Waals surface area contributed by atoms with Crippen molar-refractivity contribution in [3.63, 3.8) is 0 Å². The van der Waals surface area contributed by atoms with Crippen LogP contribution in [0.5, 0.6) is 0 Å². The molecule has 2 heteroatoms. The molecule has 0 spiro atoms. The molecule has 0 radical (unpaired) electrons. The van der Waals surface area contributed by atoms with Gasteiger partial charge in [0.25, 0.3) is 0 Å². The predicted molar refractivity (Wildman–Crippen MR) is 74.9 cm³/mol. The number of rotatable bonds is 5. The molecule has 1 aromatic rings.